The van der Waals surface area contributed by atoms with E-state index < -0.39 is 17.5 Å². The molecule has 0 aliphatic heterocycles. The van der Waals surface area contributed by atoms with Crippen LogP contribution in [0.25, 0.3) is 0 Å². The second-order valence-corrected chi connectivity index (χ2v) is 10.7. The molecule has 0 fully saturated rings. The van der Waals surface area contributed by atoms with Gasteiger partial charge in [0.15, 0.2) is 10.5 Å². The van der Waals surface area contributed by atoms with Crippen LogP contribution in [0, 0.1) is 11.3 Å². The van der Waals surface area contributed by atoms with Gasteiger partial charge in [-0.2, -0.15) is 5.26 Å². The van der Waals surface area contributed by atoms with Crippen LogP contribution in [0.1, 0.15) is 78.5 Å². The smallest absolute Gasteiger partial charge is 0.352 e. The molecule has 3 rings (SSSR count). The van der Waals surface area contributed by atoms with E-state index >= 15 is 0 Å². The van der Waals surface area contributed by atoms with Crippen molar-refractivity contribution in [3.8, 4) is 6.07 Å². The average molecular weight is 525 g/mol. The SMILES string of the molecule is CC(C)c1nnsc1C(=O)OC(C)(C)C(=O)N[C@@H](C)[C@@H](Cc1ccc(Cl)cc1)c1cccc(C#N)c1. The standard InChI is InChI=1S/C27H29ClN4O3S/c1-16(2)23-24(36-32-31-23)25(33)35-27(4,5)26(34)30-17(3)22(14-18-9-11-21(28)12-10-18)20-8-6-7-19(13-20)15-29/h6-13,16-17,22H,14H2,1-5H3,(H,30,34)/t17-,22+/m0/s1. The lowest BCUT2D eigenvalue weighted by molar-refractivity contribution is -0.138. The van der Waals surface area contributed by atoms with Crippen LogP contribution in [0.5, 0.6) is 0 Å². The van der Waals surface area contributed by atoms with Crippen molar-refractivity contribution in [2.75, 3.05) is 0 Å². The number of benzene rings is 2. The Bertz CT molecular complexity index is 1260. The highest BCUT2D eigenvalue weighted by molar-refractivity contribution is 7.07. The highest BCUT2D eigenvalue weighted by Crippen LogP contribution is 2.28. The molecule has 1 aromatic heterocycles. The number of nitriles is 1. The van der Waals surface area contributed by atoms with Crippen LogP contribution in [0.2, 0.25) is 5.02 Å². The summed E-state index contributed by atoms with van der Waals surface area (Å²) in [4.78, 5) is 26.4. The van der Waals surface area contributed by atoms with E-state index in [2.05, 4.69) is 21.0 Å². The summed E-state index contributed by atoms with van der Waals surface area (Å²) in [7, 11) is 0. The van der Waals surface area contributed by atoms with Crippen LogP contribution in [-0.4, -0.2) is 33.1 Å². The molecule has 2 atom stereocenters. The van der Waals surface area contributed by atoms with Crippen molar-refractivity contribution in [2.24, 2.45) is 0 Å². The molecule has 9 heteroatoms. The summed E-state index contributed by atoms with van der Waals surface area (Å²) in [5.41, 5.74) is 1.62. The molecule has 1 N–H and O–H groups in total. The number of nitrogens with one attached hydrogen (secondary N) is 1. The lowest BCUT2D eigenvalue weighted by atomic mass is 9.85. The Kier molecular flexibility index (Phi) is 8.83. The van der Waals surface area contributed by atoms with Crippen molar-refractivity contribution in [3.05, 3.63) is 80.8 Å². The van der Waals surface area contributed by atoms with E-state index in [1.807, 2.05) is 63.2 Å². The van der Waals surface area contributed by atoms with Crippen molar-refractivity contribution < 1.29 is 14.3 Å². The lowest BCUT2D eigenvalue weighted by Gasteiger charge is -2.30. The zero-order valence-electron chi connectivity index (χ0n) is 20.9. The summed E-state index contributed by atoms with van der Waals surface area (Å²) in [6.45, 7) is 8.84. The van der Waals surface area contributed by atoms with E-state index in [0.717, 1.165) is 22.7 Å². The zero-order chi connectivity index (χ0) is 26.5. The predicted octanol–water partition coefficient (Wildman–Crippen LogP) is 5.65. The van der Waals surface area contributed by atoms with Crippen LogP contribution in [-0.2, 0) is 16.0 Å². The maximum absolute atomic E-state index is 13.3. The molecule has 0 bridgehead atoms. The third-order valence-electron chi connectivity index (χ3n) is 5.92. The molecule has 0 unspecified atom stereocenters. The molecule has 1 amide bonds. The summed E-state index contributed by atoms with van der Waals surface area (Å²) >= 11 is 7.01. The first-order valence-corrected chi connectivity index (χ1v) is 12.8. The Hall–Kier alpha value is -3.28. The maximum Gasteiger partial charge on any atom is 0.352 e. The Morgan fingerprint density at radius 1 is 1.17 bits per heavy atom. The predicted molar refractivity (Wildman–Crippen MR) is 140 cm³/mol. The number of esters is 1. The van der Waals surface area contributed by atoms with Crippen molar-refractivity contribution >= 4 is 35.0 Å². The van der Waals surface area contributed by atoms with E-state index in [9.17, 15) is 14.9 Å². The van der Waals surface area contributed by atoms with Gasteiger partial charge in [-0.25, -0.2) is 4.79 Å². The van der Waals surface area contributed by atoms with Gasteiger partial charge in [0, 0.05) is 17.0 Å². The average Bonchev–Trinajstić information content (AvgIpc) is 3.34. The van der Waals surface area contributed by atoms with Crippen molar-refractivity contribution in [1.29, 1.82) is 5.26 Å². The first-order chi connectivity index (χ1) is 17.0. The third-order valence-corrected chi connectivity index (χ3v) is 6.89. The molecule has 2 aromatic carbocycles. The number of halogens is 1. The lowest BCUT2D eigenvalue weighted by Crippen LogP contribution is -2.50. The molecular weight excluding hydrogens is 496 g/mol. The van der Waals surface area contributed by atoms with Crippen molar-refractivity contribution in [1.82, 2.24) is 14.9 Å². The number of hydrogen-bond acceptors (Lipinski definition) is 7. The topological polar surface area (TPSA) is 105 Å². The molecule has 0 radical (unpaired) electrons. The summed E-state index contributed by atoms with van der Waals surface area (Å²) in [6.07, 6.45) is 0.609. The van der Waals surface area contributed by atoms with Crippen LogP contribution in [0.4, 0.5) is 0 Å². The molecule has 36 heavy (non-hydrogen) atoms. The summed E-state index contributed by atoms with van der Waals surface area (Å²) in [5.74, 6) is -1.19. The number of amides is 1. The van der Waals surface area contributed by atoms with E-state index in [1.54, 1.807) is 19.9 Å². The van der Waals surface area contributed by atoms with Crippen molar-refractivity contribution in [2.45, 2.75) is 64.5 Å². The number of aromatic nitrogens is 2. The Morgan fingerprint density at radius 2 is 1.86 bits per heavy atom. The molecule has 0 aliphatic rings. The zero-order valence-corrected chi connectivity index (χ0v) is 22.5. The van der Waals surface area contributed by atoms with Crippen molar-refractivity contribution in [3.63, 3.8) is 0 Å². The molecule has 3 aromatic rings. The molecule has 0 aliphatic carbocycles. The van der Waals surface area contributed by atoms with Gasteiger partial charge in [0.1, 0.15) is 0 Å². The van der Waals surface area contributed by atoms with E-state index in [1.165, 1.54) is 0 Å². The molecule has 0 saturated carbocycles. The van der Waals surface area contributed by atoms with Gasteiger partial charge in [0.2, 0.25) is 0 Å². The van der Waals surface area contributed by atoms with Gasteiger partial charge in [0.25, 0.3) is 5.91 Å². The van der Waals surface area contributed by atoms with Gasteiger partial charge in [-0.3, -0.25) is 4.79 Å². The number of carbonyl (C=O) groups excluding carboxylic acids is 2. The van der Waals surface area contributed by atoms with Gasteiger partial charge >= 0.3 is 5.97 Å². The summed E-state index contributed by atoms with van der Waals surface area (Å²) < 4.78 is 9.47. The Labute approximate surface area is 220 Å². The third kappa shape index (κ3) is 6.68. The second kappa shape index (κ2) is 11.6. The monoisotopic (exact) mass is 524 g/mol. The first kappa shape index (κ1) is 27.3. The van der Waals surface area contributed by atoms with E-state index in [4.69, 9.17) is 16.3 Å². The minimum absolute atomic E-state index is 0.000982. The number of ether oxygens (including phenoxy) is 1. The number of carbonyl (C=O) groups is 2. The molecule has 7 nitrogen and oxygen atoms in total. The second-order valence-electron chi connectivity index (χ2n) is 9.48. The minimum atomic E-state index is -1.43. The number of hydrogen-bond donors (Lipinski definition) is 1. The quantitative estimate of drug-likeness (QED) is 0.362. The van der Waals surface area contributed by atoms with Gasteiger partial charge in [-0.15, -0.1) is 5.10 Å². The molecule has 0 spiro atoms. The fourth-order valence-corrected chi connectivity index (χ4v) is 4.64. The van der Waals surface area contributed by atoms with Gasteiger partial charge in [0.05, 0.1) is 17.3 Å². The normalized spacial score (nSPS) is 13.1. The van der Waals surface area contributed by atoms with Gasteiger partial charge < -0.3 is 10.1 Å². The molecule has 0 saturated heterocycles. The van der Waals surface area contributed by atoms with Crippen LogP contribution in [0.3, 0.4) is 0 Å². The van der Waals surface area contributed by atoms with Gasteiger partial charge in [-0.05, 0) is 80.0 Å². The van der Waals surface area contributed by atoms with Gasteiger partial charge in [-0.1, -0.05) is 54.2 Å². The highest BCUT2D eigenvalue weighted by atomic mass is 35.5. The minimum Gasteiger partial charge on any atom is -0.445 e. The molecule has 1 heterocycles. The summed E-state index contributed by atoms with van der Waals surface area (Å²) in [5, 5.41) is 17.1. The Balaban J connectivity index is 1.80. The highest BCUT2D eigenvalue weighted by Gasteiger charge is 2.36. The maximum atomic E-state index is 13.3. The fourth-order valence-electron chi connectivity index (χ4n) is 3.82. The molecular formula is C27H29ClN4O3S. The van der Waals surface area contributed by atoms with E-state index in [0.29, 0.717) is 27.6 Å². The van der Waals surface area contributed by atoms with E-state index in [-0.39, 0.29) is 17.9 Å². The fraction of sp³-hybridized carbons (Fsp3) is 0.370. The first-order valence-electron chi connectivity index (χ1n) is 11.6. The Morgan fingerprint density at radius 3 is 2.50 bits per heavy atom. The van der Waals surface area contributed by atoms with Crippen LogP contribution >= 0.6 is 23.1 Å². The summed E-state index contributed by atoms with van der Waals surface area (Å²) in [6, 6.07) is 16.7. The van der Waals surface area contributed by atoms with Crippen LogP contribution in [0.15, 0.2) is 48.5 Å². The number of rotatable bonds is 9. The number of nitrogens with zero attached hydrogens (tertiary/aromatic N) is 3. The largest absolute Gasteiger partial charge is 0.445 e. The van der Waals surface area contributed by atoms with Crippen LogP contribution < -0.4 is 5.32 Å². The molecule has 188 valence electrons.